The maximum atomic E-state index is 8.95. The van der Waals surface area contributed by atoms with Gasteiger partial charge in [-0.2, -0.15) is 10.4 Å². The molecule has 3 heterocycles. The first-order valence-corrected chi connectivity index (χ1v) is 8.41. The van der Waals surface area contributed by atoms with Gasteiger partial charge in [0.05, 0.1) is 23.4 Å². The molecule has 6 heteroatoms. The standard InChI is InChI=1S/C18H13N5S/c19-12-13-4-6-14(7-5-13)15-11-16(17-3-1-10-24-17)23(22-15)18-20-8-2-9-21-18/h1-10,16H,11H2/t16-/m0/s1. The van der Waals surface area contributed by atoms with Gasteiger partial charge in [0.25, 0.3) is 0 Å². The number of aromatic nitrogens is 2. The van der Waals surface area contributed by atoms with Gasteiger partial charge >= 0.3 is 0 Å². The number of rotatable bonds is 3. The van der Waals surface area contributed by atoms with Crippen molar-refractivity contribution < 1.29 is 0 Å². The third-order valence-electron chi connectivity index (χ3n) is 3.89. The van der Waals surface area contributed by atoms with Gasteiger partial charge in [0.1, 0.15) is 0 Å². The lowest BCUT2D eigenvalue weighted by atomic mass is 10.0. The van der Waals surface area contributed by atoms with Gasteiger partial charge in [-0.15, -0.1) is 11.3 Å². The fraction of sp³-hybridized carbons (Fsp3) is 0.111. The quantitative estimate of drug-likeness (QED) is 0.733. The molecule has 5 nitrogen and oxygen atoms in total. The topological polar surface area (TPSA) is 65.2 Å². The molecule has 4 rings (SSSR count). The first-order valence-electron chi connectivity index (χ1n) is 7.53. The summed E-state index contributed by atoms with van der Waals surface area (Å²) in [5, 5.41) is 17.7. The maximum absolute atomic E-state index is 8.95. The molecule has 1 aromatic carbocycles. The Morgan fingerprint density at radius 2 is 1.88 bits per heavy atom. The van der Waals surface area contributed by atoms with E-state index in [1.54, 1.807) is 29.8 Å². The molecule has 1 aliphatic heterocycles. The van der Waals surface area contributed by atoms with Crippen LogP contribution in [-0.2, 0) is 0 Å². The van der Waals surface area contributed by atoms with Crippen molar-refractivity contribution in [2.24, 2.45) is 5.10 Å². The number of nitriles is 1. The Labute approximate surface area is 143 Å². The first-order chi connectivity index (χ1) is 11.8. The molecule has 116 valence electrons. The molecule has 0 saturated heterocycles. The molecule has 0 radical (unpaired) electrons. The first kappa shape index (κ1) is 14.5. The van der Waals surface area contributed by atoms with Gasteiger partial charge in [0.2, 0.25) is 5.95 Å². The molecule has 2 aromatic heterocycles. The lowest BCUT2D eigenvalue weighted by Gasteiger charge is -2.19. The number of anilines is 1. The highest BCUT2D eigenvalue weighted by Gasteiger charge is 2.31. The van der Waals surface area contributed by atoms with Crippen LogP contribution in [0.3, 0.4) is 0 Å². The zero-order chi connectivity index (χ0) is 16.4. The molecule has 0 aliphatic carbocycles. The van der Waals surface area contributed by atoms with E-state index in [1.807, 2.05) is 35.3 Å². The van der Waals surface area contributed by atoms with E-state index in [-0.39, 0.29) is 6.04 Å². The van der Waals surface area contributed by atoms with Crippen LogP contribution in [0.2, 0.25) is 0 Å². The van der Waals surface area contributed by atoms with E-state index in [1.165, 1.54) is 4.88 Å². The number of nitrogens with zero attached hydrogens (tertiary/aromatic N) is 5. The molecule has 1 atom stereocenters. The monoisotopic (exact) mass is 331 g/mol. The molecule has 0 unspecified atom stereocenters. The van der Waals surface area contributed by atoms with Crippen molar-refractivity contribution in [1.29, 1.82) is 5.26 Å². The smallest absolute Gasteiger partial charge is 0.223 e. The fourth-order valence-corrected chi connectivity index (χ4v) is 3.53. The van der Waals surface area contributed by atoms with Gasteiger partial charge < -0.3 is 0 Å². The molecule has 0 fully saturated rings. The van der Waals surface area contributed by atoms with Crippen molar-refractivity contribution in [1.82, 2.24) is 9.97 Å². The molecular weight excluding hydrogens is 318 g/mol. The van der Waals surface area contributed by atoms with Crippen LogP contribution in [0.5, 0.6) is 0 Å². The highest BCUT2D eigenvalue weighted by molar-refractivity contribution is 7.10. The lowest BCUT2D eigenvalue weighted by molar-refractivity contribution is 0.698. The Balaban J connectivity index is 1.72. The average molecular weight is 331 g/mol. The van der Waals surface area contributed by atoms with E-state index in [9.17, 15) is 0 Å². The van der Waals surface area contributed by atoms with Crippen molar-refractivity contribution in [3.8, 4) is 6.07 Å². The summed E-state index contributed by atoms with van der Waals surface area (Å²) in [6.07, 6.45) is 4.23. The number of benzene rings is 1. The highest BCUT2D eigenvalue weighted by atomic mass is 32.1. The molecule has 3 aromatic rings. The van der Waals surface area contributed by atoms with E-state index in [0.717, 1.165) is 17.7 Å². The Bertz CT molecular complexity index is 895. The predicted molar refractivity (Wildman–Crippen MR) is 93.9 cm³/mol. The third kappa shape index (κ3) is 2.66. The number of hydrazone groups is 1. The summed E-state index contributed by atoms with van der Waals surface area (Å²) >= 11 is 1.71. The van der Waals surface area contributed by atoms with Gasteiger partial charge in [-0.1, -0.05) is 18.2 Å². The number of hydrogen-bond acceptors (Lipinski definition) is 6. The molecular formula is C18H13N5S. The third-order valence-corrected chi connectivity index (χ3v) is 4.86. The second kappa shape index (κ2) is 6.22. The summed E-state index contributed by atoms with van der Waals surface area (Å²) in [5.74, 6) is 0.597. The Morgan fingerprint density at radius 3 is 2.54 bits per heavy atom. The van der Waals surface area contributed by atoms with E-state index < -0.39 is 0 Å². The van der Waals surface area contributed by atoms with Gasteiger partial charge in [-0.05, 0) is 35.2 Å². The van der Waals surface area contributed by atoms with Gasteiger partial charge in [0.15, 0.2) is 0 Å². The normalized spacial score (nSPS) is 16.7. The molecule has 0 spiro atoms. The summed E-state index contributed by atoms with van der Waals surface area (Å²) in [5.41, 5.74) is 2.65. The summed E-state index contributed by atoms with van der Waals surface area (Å²) in [6, 6.07) is 15.7. The minimum Gasteiger partial charge on any atom is -0.223 e. The van der Waals surface area contributed by atoms with Crippen LogP contribution in [0, 0.1) is 11.3 Å². The molecule has 1 aliphatic rings. The molecule has 0 amide bonds. The van der Waals surface area contributed by atoms with Crippen molar-refractivity contribution >= 4 is 23.0 Å². The van der Waals surface area contributed by atoms with Crippen molar-refractivity contribution in [2.45, 2.75) is 12.5 Å². The van der Waals surface area contributed by atoms with Crippen LogP contribution in [-0.4, -0.2) is 15.7 Å². The van der Waals surface area contributed by atoms with E-state index in [2.05, 4.69) is 27.5 Å². The Morgan fingerprint density at radius 1 is 1.08 bits per heavy atom. The minimum absolute atomic E-state index is 0.0954. The van der Waals surface area contributed by atoms with E-state index >= 15 is 0 Å². The Hall–Kier alpha value is -3.04. The average Bonchev–Trinajstić information content (AvgIpc) is 3.32. The summed E-state index contributed by atoms with van der Waals surface area (Å²) in [7, 11) is 0. The van der Waals surface area contributed by atoms with Crippen molar-refractivity contribution in [3.05, 3.63) is 76.2 Å². The SMILES string of the molecule is N#Cc1ccc(C2=NN(c3ncccn3)[C@H](c3cccs3)C2)cc1. The van der Waals surface area contributed by atoms with Gasteiger partial charge in [-0.25, -0.2) is 15.0 Å². The van der Waals surface area contributed by atoms with E-state index in [4.69, 9.17) is 10.4 Å². The number of hydrogen-bond donors (Lipinski definition) is 0. The fourth-order valence-electron chi connectivity index (χ4n) is 2.72. The lowest BCUT2D eigenvalue weighted by Crippen LogP contribution is -2.19. The minimum atomic E-state index is 0.0954. The van der Waals surface area contributed by atoms with Gasteiger partial charge in [0, 0.05) is 23.7 Å². The van der Waals surface area contributed by atoms with Crippen LogP contribution in [0.1, 0.15) is 28.5 Å². The molecule has 0 N–H and O–H groups in total. The summed E-state index contributed by atoms with van der Waals surface area (Å²) < 4.78 is 0. The predicted octanol–water partition coefficient (Wildman–Crippen LogP) is 3.77. The Kier molecular flexibility index (Phi) is 3.77. The van der Waals surface area contributed by atoms with Crippen molar-refractivity contribution in [2.75, 3.05) is 5.01 Å². The zero-order valence-electron chi connectivity index (χ0n) is 12.7. The van der Waals surface area contributed by atoms with Crippen LogP contribution < -0.4 is 5.01 Å². The number of thiophene rings is 1. The van der Waals surface area contributed by atoms with Crippen LogP contribution in [0.4, 0.5) is 5.95 Å². The second-order valence-electron chi connectivity index (χ2n) is 5.36. The summed E-state index contributed by atoms with van der Waals surface area (Å²) in [6.45, 7) is 0. The largest absolute Gasteiger partial charge is 0.246 e. The molecule has 0 saturated carbocycles. The summed E-state index contributed by atoms with van der Waals surface area (Å²) in [4.78, 5) is 9.92. The second-order valence-corrected chi connectivity index (χ2v) is 6.34. The van der Waals surface area contributed by atoms with E-state index in [0.29, 0.717) is 11.5 Å². The van der Waals surface area contributed by atoms with Crippen LogP contribution in [0.25, 0.3) is 0 Å². The van der Waals surface area contributed by atoms with Crippen LogP contribution >= 0.6 is 11.3 Å². The molecule has 24 heavy (non-hydrogen) atoms. The highest BCUT2D eigenvalue weighted by Crippen LogP contribution is 2.36. The van der Waals surface area contributed by atoms with Gasteiger partial charge in [-0.3, -0.25) is 0 Å². The zero-order valence-corrected chi connectivity index (χ0v) is 13.5. The molecule has 0 bridgehead atoms. The van der Waals surface area contributed by atoms with Crippen LogP contribution in [0.15, 0.2) is 65.3 Å². The van der Waals surface area contributed by atoms with Crippen molar-refractivity contribution in [3.63, 3.8) is 0 Å². The maximum Gasteiger partial charge on any atom is 0.246 e.